The molecule has 2 nitrogen and oxygen atoms in total. The Bertz CT molecular complexity index is 350. The summed E-state index contributed by atoms with van der Waals surface area (Å²) >= 11 is 0. The van der Waals surface area contributed by atoms with Crippen molar-refractivity contribution in [2.45, 2.75) is 32.7 Å². The highest BCUT2D eigenvalue weighted by molar-refractivity contribution is 6.08. The molecule has 0 aliphatic heterocycles. The molecule has 16 heavy (non-hydrogen) atoms. The second kappa shape index (κ2) is 6.96. The number of benzene rings is 1. The summed E-state index contributed by atoms with van der Waals surface area (Å²) in [5.74, 6) is 0. The van der Waals surface area contributed by atoms with E-state index >= 15 is 0 Å². The quantitative estimate of drug-likeness (QED) is 0.556. The molecule has 0 spiro atoms. The lowest BCUT2D eigenvalue weighted by molar-refractivity contribution is 0.816. The van der Waals surface area contributed by atoms with Crippen LogP contribution in [0.15, 0.2) is 30.3 Å². The van der Waals surface area contributed by atoms with Gasteiger partial charge in [0.1, 0.15) is 0 Å². The van der Waals surface area contributed by atoms with Crippen molar-refractivity contribution in [3.63, 3.8) is 0 Å². The zero-order valence-corrected chi connectivity index (χ0v) is 9.87. The van der Waals surface area contributed by atoms with Crippen molar-refractivity contribution in [2.24, 2.45) is 5.73 Å². The van der Waals surface area contributed by atoms with E-state index in [0.717, 1.165) is 23.1 Å². The summed E-state index contributed by atoms with van der Waals surface area (Å²) in [4.78, 5) is 0. The van der Waals surface area contributed by atoms with Gasteiger partial charge in [0.25, 0.3) is 0 Å². The molecule has 0 amide bonds. The van der Waals surface area contributed by atoms with Crippen LogP contribution in [0.2, 0.25) is 0 Å². The predicted molar refractivity (Wildman–Crippen MR) is 70.6 cm³/mol. The lowest BCUT2D eigenvalue weighted by Crippen LogP contribution is -1.96. The van der Waals surface area contributed by atoms with Crippen LogP contribution in [0.5, 0.6) is 0 Å². The van der Waals surface area contributed by atoms with Gasteiger partial charge in [0.05, 0.1) is 0 Å². The third kappa shape index (κ3) is 3.63. The zero-order chi connectivity index (χ0) is 11.8. The molecule has 0 fully saturated rings. The lowest BCUT2D eigenvalue weighted by Gasteiger charge is -2.03. The van der Waals surface area contributed by atoms with E-state index in [9.17, 15) is 0 Å². The zero-order valence-electron chi connectivity index (χ0n) is 9.87. The van der Waals surface area contributed by atoms with Crippen LogP contribution in [0, 0.1) is 5.41 Å². The Hall–Kier alpha value is -1.41. The number of hydrogen-bond acceptors (Lipinski definition) is 2. The van der Waals surface area contributed by atoms with Crippen LogP contribution in [-0.4, -0.2) is 6.21 Å². The Labute approximate surface area is 97.7 Å². The van der Waals surface area contributed by atoms with E-state index in [4.69, 9.17) is 11.1 Å². The second-order valence-corrected chi connectivity index (χ2v) is 3.85. The maximum Gasteiger partial charge on any atom is 0.0253 e. The van der Waals surface area contributed by atoms with E-state index < -0.39 is 0 Å². The molecule has 1 aromatic rings. The van der Waals surface area contributed by atoms with E-state index in [0.29, 0.717) is 6.54 Å². The molecule has 1 rings (SSSR count). The molecular formula is C14H20N2. The van der Waals surface area contributed by atoms with E-state index in [1.54, 1.807) is 0 Å². The summed E-state index contributed by atoms with van der Waals surface area (Å²) < 4.78 is 0. The van der Waals surface area contributed by atoms with Crippen LogP contribution in [0.25, 0.3) is 5.57 Å². The molecule has 0 saturated heterocycles. The van der Waals surface area contributed by atoms with Gasteiger partial charge in [-0.2, -0.15) is 0 Å². The molecule has 0 aliphatic carbocycles. The van der Waals surface area contributed by atoms with Crippen molar-refractivity contribution < 1.29 is 0 Å². The smallest absolute Gasteiger partial charge is 0.0253 e. The van der Waals surface area contributed by atoms with Gasteiger partial charge >= 0.3 is 0 Å². The van der Waals surface area contributed by atoms with Crippen molar-refractivity contribution in [3.05, 3.63) is 41.5 Å². The third-order valence-corrected chi connectivity index (χ3v) is 2.60. The van der Waals surface area contributed by atoms with Gasteiger partial charge in [-0.3, -0.25) is 0 Å². The summed E-state index contributed by atoms with van der Waals surface area (Å²) in [6.07, 6.45) is 6.97. The molecule has 0 unspecified atom stereocenters. The van der Waals surface area contributed by atoms with Gasteiger partial charge in [-0.05, 0) is 23.1 Å². The van der Waals surface area contributed by atoms with Gasteiger partial charge < -0.3 is 11.1 Å². The molecule has 3 N–H and O–H groups in total. The Kier molecular flexibility index (Phi) is 5.51. The van der Waals surface area contributed by atoms with Gasteiger partial charge in [0, 0.05) is 12.8 Å². The summed E-state index contributed by atoms with van der Waals surface area (Å²) in [5.41, 5.74) is 8.77. The minimum atomic E-state index is 0.569. The largest absolute Gasteiger partial charge is 0.326 e. The standard InChI is InChI=1S/C14H20N2/c1-2-3-4-5-14(11-16)13-8-6-12(10-15)7-9-13/h5-9,11,16H,2-4,10,15H2,1H3/b14-5+,16-11?. The summed E-state index contributed by atoms with van der Waals surface area (Å²) in [6, 6.07) is 8.11. The number of nitrogens with two attached hydrogens (primary N) is 1. The van der Waals surface area contributed by atoms with Crippen molar-refractivity contribution in [1.82, 2.24) is 0 Å². The lowest BCUT2D eigenvalue weighted by atomic mass is 10.0. The molecule has 0 heterocycles. The monoisotopic (exact) mass is 216 g/mol. The van der Waals surface area contributed by atoms with Crippen molar-refractivity contribution in [2.75, 3.05) is 0 Å². The van der Waals surface area contributed by atoms with Crippen molar-refractivity contribution in [3.8, 4) is 0 Å². The van der Waals surface area contributed by atoms with E-state index in [2.05, 4.69) is 13.0 Å². The van der Waals surface area contributed by atoms with Gasteiger partial charge in [0.15, 0.2) is 0 Å². The highest BCUT2D eigenvalue weighted by Gasteiger charge is 1.98. The molecule has 0 radical (unpaired) electrons. The van der Waals surface area contributed by atoms with Crippen LogP contribution >= 0.6 is 0 Å². The normalized spacial score (nSPS) is 11.5. The number of allylic oxidation sites excluding steroid dienone is 2. The van der Waals surface area contributed by atoms with Gasteiger partial charge in [-0.1, -0.05) is 50.1 Å². The van der Waals surface area contributed by atoms with Crippen LogP contribution < -0.4 is 5.73 Å². The molecule has 0 saturated carbocycles. The first-order valence-corrected chi connectivity index (χ1v) is 5.81. The number of unbranched alkanes of at least 4 members (excludes halogenated alkanes) is 2. The van der Waals surface area contributed by atoms with Crippen molar-refractivity contribution >= 4 is 11.8 Å². The highest BCUT2D eigenvalue weighted by atomic mass is 14.5. The van der Waals surface area contributed by atoms with Gasteiger partial charge in [-0.25, -0.2) is 0 Å². The molecule has 0 atom stereocenters. The fourth-order valence-electron chi connectivity index (χ4n) is 1.56. The van der Waals surface area contributed by atoms with Crippen molar-refractivity contribution in [1.29, 1.82) is 5.41 Å². The topological polar surface area (TPSA) is 49.9 Å². The van der Waals surface area contributed by atoms with Crippen LogP contribution in [0.1, 0.15) is 37.3 Å². The molecule has 2 heteroatoms. The Balaban J connectivity index is 2.78. The molecular weight excluding hydrogens is 196 g/mol. The second-order valence-electron chi connectivity index (χ2n) is 3.85. The fraction of sp³-hybridized carbons (Fsp3) is 0.357. The molecule has 0 aromatic heterocycles. The van der Waals surface area contributed by atoms with E-state index in [-0.39, 0.29) is 0 Å². The first kappa shape index (κ1) is 12.7. The maximum absolute atomic E-state index is 7.41. The SMILES string of the molecule is CCCC/C=C(\C=N)c1ccc(CN)cc1. The first-order chi connectivity index (χ1) is 7.81. The van der Waals surface area contributed by atoms with Gasteiger partial charge in [0.2, 0.25) is 0 Å². The minimum Gasteiger partial charge on any atom is -0.326 e. The Morgan fingerprint density at radius 2 is 2.00 bits per heavy atom. The maximum atomic E-state index is 7.41. The minimum absolute atomic E-state index is 0.569. The third-order valence-electron chi connectivity index (χ3n) is 2.60. The van der Waals surface area contributed by atoms with Crippen LogP contribution in [0.3, 0.4) is 0 Å². The number of rotatable bonds is 6. The summed E-state index contributed by atoms with van der Waals surface area (Å²) in [6.45, 7) is 2.74. The fourth-order valence-corrected chi connectivity index (χ4v) is 1.56. The van der Waals surface area contributed by atoms with Crippen LogP contribution in [-0.2, 0) is 6.54 Å². The molecule has 86 valence electrons. The van der Waals surface area contributed by atoms with E-state index in [1.807, 2.05) is 24.3 Å². The molecule has 0 bridgehead atoms. The van der Waals surface area contributed by atoms with Gasteiger partial charge in [-0.15, -0.1) is 0 Å². The first-order valence-electron chi connectivity index (χ1n) is 5.81. The highest BCUT2D eigenvalue weighted by Crippen LogP contribution is 2.15. The van der Waals surface area contributed by atoms with E-state index in [1.165, 1.54) is 19.1 Å². The average molecular weight is 216 g/mol. The number of hydrogen-bond donors (Lipinski definition) is 2. The summed E-state index contributed by atoms with van der Waals surface area (Å²) in [7, 11) is 0. The Morgan fingerprint density at radius 3 is 2.50 bits per heavy atom. The predicted octanol–water partition coefficient (Wildman–Crippen LogP) is 3.37. The molecule has 0 aliphatic rings. The average Bonchev–Trinajstić information content (AvgIpc) is 2.35. The summed E-state index contributed by atoms with van der Waals surface area (Å²) in [5, 5.41) is 7.41. The van der Waals surface area contributed by atoms with Crippen LogP contribution in [0.4, 0.5) is 0 Å². The Morgan fingerprint density at radius 1 is 1.31 bits per heavy atom. The number of nitrogens with one attached hydrogen (secondary N) is 1. The molecule has 1 aromatic carbocycles.